The molecule has 42 heavy (non-hydrogen) atoms. The minimum Gasteiger partial charge on any atom is -0.478 e. The summed E-state index contributed by atoms with van der Waals surface area (Å²) in [6.07, 6.45) is 9.14. The Morgan fingerprint density at radius 3 is 2.57 bits per heavy atom. The molecule has 0 aliphatic heterocycles. The number of pyridine rings is 2. The van der Waals surface area contributed by atoms with Crippen LogP contribution in [0.5, 0.6) is 0 Å². The molecule has 0 amide bonds. The van der Waals surface area contributed by atoms with E-state index >= 15 is 0 Å². The topological polar surface area (TPSA) is 101 Å². The van der Waals surface area contributed by atoms with Crippen LogP contribution in [0.25, 0.3) is 43.9 Å². The maximum atomic E-state index is 11.9. The summed E-state index contributed by atoms with van der Waals surface area (Å²) in [6, 6.07) is 28.9. The zero-order valence-electron chi connectivity index (χ0n) is 22.0. The average molecular weight is 548 g/mol. The van der Waals surface area contributed by atoms with Gasteiger partial charge in [-0.3, -0.25) is 14.9 Å². The quantitative estimate of drug-likeness (QED) is 0.249. The molecule has 5 heterocycles. The van der Waals surface area contributed by atoms with E-state index in [2.05, 4.69) is 33.7 Å². The lowest BCUT2D eigenvalue weighted by Gasteiger charge is -2.22. The molecule has 0 radical (unpaired) electrons. The van der Waals surface area contributed by atoms with Crippen molar-refractivity contribution in [2.45, 2.75) is 0 Å². The van der Waals surface area contributed by atoms with Crippen molar-refractivity contribution in [1.82, 2.24) is 29.1 Å². The molecule has 0 spiro atoms. The molecule has 9 nitrogen and oxygen atoms in total. The number of aromatic nitrogens is 6. The molecule has 0 aliphatic rings. The number of carboxylic acids is 1. The second kappa shape index (κ2) is 9.24. The smallest absolute Gasteiger partial charge is 0.335 e. The van der Waals surface area contributed by atoms with Crippen LogP contribution in [0.1, 0.15) is 10.4 Å². The molecule has 200 valence electrons. The molecule has 0 aliphatic carbocycles. The first-order valence-electron chi connectivity index (χ1n) is 13.3. The van der Waals surface area contributed by atoms with Gasteiger partial charge in [-0.25, -0.2) is 14.5 Å². The third-order valence-electron chi connectivity index (χ3n) is 7.43. The minimum absolute atomic E-state index is 0.160. The maximum Gasteiger partial charge on any atom is 0.335 e. The van der Waals surface area contributed by atoms with Gasteiger partial charge < -0.3 is 9.51 Å². The van der Waals surface area contributed by atoms with Crippen molar-refractivity contribution in [1.29, 1.82) is 0 Å². The number of fused-ring (bicyclic) bond motifs is 6. The summed E-state index contributed by atoms with van der Waals surface area (Å²) in [5.74, 6) is 0.0552. The van der Waals surface area contributed by atoms with E-state index in [9.17, 15) is 9.90 Å². The zero-order chi connectivity index (χ0) is 28.2. The standard InChI is InChI=1S/C33H21N7O2/c41-33(42)23-6-3-7-26(17-23)40(30-12-15-39(37-30)25-9-8-21-4-1-2-5-22(21)16-25)31-20-35-27-11-14-38-28-10-13-34-19-24(28)18-29(38)32(27)36-31/h1-20H,(H,41,42). The van der Waals surface area contributed by atoms with E-state index in [-0.39, 0.29) is 5.56 Å². The highest BCUT2D eigenvalue weighted by atomic mass is 16.4. The molecule has 0 atom stereocenters. The summed E-state index contributed by atoms with van der Waals surface area (Å²) in [5, 5.41) is 17.9. The van der Waals surface area contributed by atoms with Gasteiger partial charge in [-0.15, -0.1) is 5.10 Å². The fraction of sp³-hybridized carbons (Fsp3) is 0. The molecule has 1 N–H and O–H groups in total. The first-order chi connectivity index (χ1) is 20.6. The monoisotopic (exact) mass is 547 g/mol. The van der Waals surface area contributed by atoms with E-state index < -0.39 is 5.97 Å². The van der Waals surface area contributed by atoms with Gasteiger partial charge in [0.1, 0.15) is 5.52 Å². The van der Waals surface area contributed by atoms with E-state index in [0.29, 0.717) is 22.8 Å². The Kier molecular flexibility index (Phi) is 5.23. The van der Waals surface area contributed by atoms with Crippen molar-refractivity contribution in [3.63, 3.8) is 0 Å². The molecule has 8 aromatic rings. The van der Waals surface area contributed by atoms with Crippen molar-refractivity contribution in [2.24, 2.45) is 0 Å². The van der Waals surface area contributed by atoms with Gasteiger partial charge in [-0.1, -0.05) is 36.4 Å². The average Bonchev–Trinajstić information content (AvgIpc) is 3.67. The Bertz CT molecular complexity index is 2320. The fourth-order valence-corrected chi connectivity index (χ4v) is 5.43. The summed E-state index contributed by atoms with van der Waals surface area (Å²) in [4.78, 5) is 27.8. The summed E-state index contributed by atoms with van der Waals surface area (Å²) in [6.45, 7) is 0. The summed E-state index contributed by atoms with van der Waals surface area (Å²) >= 11 is 0. The lowest BCUT2D eigenvalue weighted by molar-refractivity contribution is 0.0697. The molecule has 0 saturated heterocycles. The van der Waals surface area contributed by atoms with Gasteiger partial charge in [0.15, 0.2) is 11.6 Å². The van der Waals surface area contributed by atoms with E-state index in [1.807, 2.05) is 72.0 Å². The Balaban J connectivity index is 1.31. The van der Waals surface area contributed by atoms with Gasteiger partial charge >= 0.3 is 5.97 Å². The lowest BCUT2D eigenvalue weighted by atomic mass is 10.1. The third-order valence-corrected chi connectivity index (χ3v) is 7.43. The van der Waals surface area contributed by atoms with Crippen LogP contribution < -0.4 is 4.90 Å². The number of anilines is 3. The van der Waals surface area contributed by atoms with Crippen LogP contribution in [0.2, 0.25) is 0 Å². The third kappa shape index (κ3) is 3.83. The maximum absolute atomic E-state index is 11.9. The number of hydrogen-bond acceptors (Lipinski definition) is 6. The zero-order valence-corrected chi connectivity index (χ0v) is 22.0. The van der Waals surface area contributed by atoms with Crippen LogP contribution >= 0.6 is 0 Å². The summed E-state index contributed by atoms with van der Waals surface area (Å²) < 4.78 is 3.87. The van der Waals surface area contributed by atoms with E-state index in [4.69, 9.17) is 15.1 Å². The first-order valence-corrected chi connectivity index (χ1v) is 13.3. The number of hydrogen-bond donors (Lipinski definition) is 1. The highest BCUT2D eigenvalue weighted by Crippen LogP contribution is 2.35. The predicted octanol–water partition coefficient (Wildman–Crippen LogP) is 6.94. The van der Waals surface area contributed by atoms with Gasteiger partial charge in [-0.05, 0) is 59.3 Å². The van der Waals surface area contributed by atoms with Gasteiger partial charge in [0, 0.05) is 36.2 Å². The van der Waals surface area contributed by atoms with Crippen LogP contribution in [0.4, 0.5) is 17.3 Å². The van der Waals surface area contributed by atoms with E-state index in [0.717, 1.165) is 38.4 Å². The van der Waals surface area contributed by atoms with Gasteiger partial charge in [0.25, 0.3) is 0 Å². The van der Waals surface area contributed by atoms with Crippen molar-refractivity contribution in [2.75, 3.05) is 4.90 Å². The Morgan fingerprint density at radius 2 is 1.67 bits per heavy atom. The predicted molar refractivity (Wildman–Crippen MR) is 162 cm³/mol. The number of aromatic carboxylic acids is 1. The Morgan fingerprint density at radius 1 is 0.762 bits per heavy atom. The fourth-order valence-electron chi connectivity index (χ4n) is 5.43. The largest absolute Gasteiger partial charge is 0.478 e. The number of carbonyl (C=O) groups is 1. The highest BCUT2D eigenvalue weighted by molar-refractivity contribution is 5.99. The van der Waals surface area contributed by atoms with Gasteiger partial charge in [0.2, 0.25) is 0 Å². The summed E-state index contributed by atoms with van der Waals surface area (Å²) in [7, 11) is 0. The molecular formula is C33H21N7O2. The molecule has 0 fully saturated rings. The van der Waals surface area contributed by atoms with Crippen molar-refractivity contribution in [3.8, 4) is 5.69 Å². The second-order valence-electron chi connectivity index (χ2n) is 9.95. The van der Waals surface area contributed by atoms with Crippen LogP contribution in [0.3, 0.4) is 0 Å². The molecule has 0 unspecified atom stereocenters. The first kappa shape index (κ1) is 23.8. The minimum atomic E-state index is -1.02. The number of nitrogens with zero attached hydrogens (tertiary/aromatic N) is 7. The second-order valence-corrected chi connectivity index (χ2v) is 9.95. The lowest BCUT2D eigenvalue weighted by Crippen LogP contribution is -2.14. The van der Waals surface area contributed by atoms with Crippen molar-refractivity contribution >= 4 is 61.5 Å². The van der Waals surface area contributed by atoms with Crippen LogP contribution in [0, 0.1) is 0 Å². The van der Waals surface area contributed by atoms with Gasteiger partial charge in [-0.2, -0.15) is 0 Å². The normalized spacial score (nSPS) is 11.5. The molecule has 9 heteroatoms. The van der Waals surface area contributed by atoms with E-state index in [1.54, 1.807) is 35.3 Å². The molecule has 8 rings (SSSR count). The van der Waals surface area contributed by atoms with Crippen molar-refractivity contribution < 1.29 is 9.90 Å². The Labute approximate surface area is 238 Å². The molecule has 0 bridgehead atoms. The molecule has 0 saturated carbocycles. The van der Waals surface area contributed by atoms with Crippen LogP contribution in [-0.2, 0) is 0 Å². The highest BCUT2D eigenvalue weighted by Gasteiger charge is 2.20. The van der Waals surface area contributed by atoms with Crippen molar-refractivity contribution in [3.05, 3.63) is 128 Å². The number of carboxylic acid groups (broad SMARTS) is 1. The number of benzene rings is 3. The molecular weight excluding hydrogens is 526 g/mol. The number of rotatable bonds is 5. The molecule has 3 aromatic carbocycles. The summed E-state index contributed by atoms with van der Waals surface area (Å²) in [5.41, 5.74) is 5.03. The SMILES string of the molecule is O=C(O)c1cccc(N(c2cnc3ccn4c5ccncc5cc4c3n2)c2ccn(-c3ccc4ccccc4c3)n2)c1. The molecule has 5 aromatic heterocycles. The van der Waals surface area contributed by atoms with Crippen LogP contribution in [0.15, 0.2) is 122 Å². The van der Waals surface area contributed by atoms with Crippen LogP contribution in [-0.4, -0.2) is 40.2 Å². The Hall–Kier alpha value is -6.09. The van der Waals surface area contributed by atoms with Gasteiger partial charge in [0.05, 0.1) is 39.7 Å². The van der Waals surface area contributed by atoms with E-state index in [1.165, 1.54) is 0 Å².